The lowest BCUT2D eigenvalue weighted by Gasteiger charge is -2.59. The maximum Gasteiger partial charge on any atom is 0.230 e. The number of aromatic nitrogens is 3. The molecule has 0 radical (unpaired) electrons. The molecule has 0 unspecified atom stereocenters. The van der Waals surface area contributed by atoms with Crippen molar-refractivity contribution in [2.75, 3.05) is 11.6 Å². The van der Waals surface area contributed by atoms with E-state index in [0.717, 1.165) is 17.8 Å². The molecule has 0 saturated heterocycles. The van der Waals surface area contributed by atoms with Crippen LogP contribution in [0.2, 0.25) is 0 Å². The van der Waals surface area contributed by atoms with Gasteiger partial charge in [0.25, 0.3) is 0 Å². The maximum atomic E-state index is 12.4. The average molecular weight is 350 g/mol. The fourth-order valence-corrected chi connectivity index (χ4v) is 6.44. The van der Waals surface area contributed by atoms with Gasteiger partial charge in [0.2, 0.25) is 11.1 Å². The number of aryl methyl sites for hydroxylation is 1. The van der Waals surface area contributed by atoms with E-state index in [4.69, 9.17) is 5.84 Å². The lowest BCUT2D eigenvalue weighted by molar-refractivity contribution is -0.123. The number of nitrogens with one attached hydrogen (secondary N) is 1. The van der Waals surface area contributed by atoms with Gasteiger partial charge in [-0.3, -0.25) is 4.79 Å². The van der Waals surface area contributed by atoms with E-state index in [1.54, 1.807) is 6.92 Å². The summed E-state index contributed by atoms with van der Waals surface area (Å²) in [5.74, 6) is 9.62. The number of carbonyl (C=O) groups is 1. The normalized spacial score (nSPS) is 35.2. The third-order valence-electron chi connectivity index (χ3n) is 6.55. The summed E-state index contributed by atoms with van der Waals surface area (Å²) in [6.07, 6.45) is 8.22. The Kier molecular flexibility index (Phi) is 4.01. The molecule has 1 heterocycles. The zero-order valence-corrected chi connectivity index (χ0v) is 15.3. The topological polar surface area (TPSA) is 85.8 Å². The Bertz CT molecular complexity index is 608. The highest BCUT2D eigenvalue weighted by Crippen LogP contribution is 2.61. The standard InChI is InChI=1S/C17H27N5OS/c1-10(17-6-12-3-13(7-17)5-14(4-12)8-17)19-15(23)9-24-16-21-20-11(2)22(16)18/h10,12-14H,3-9,18H2,1-2H3,(H,19,23)/t10-,12?,13?,14?,17?/m0/s1. The molecule has 3 N–H and O–H groups in total. The van der Waals surface area contributed by atoms with Gasteiger partial charge in [0, 0.05) is 6.04 Å². The quantitative estimate of drug-likeness (QED) is 0.628. The Hall–Kier alpha value is -1.24. The van der Waals surface area contributed by atoms with E-state index in [9.17, 15) is 4.79 Å². The van der Waals surface area contributed by atoms with E-state index in [0.29, 0.717) is 22.1 Å². The summed E-state index contributed by atoms with van der Waals surface area (Å²) in [6, 6.07) is 0.261. The molecule has 4 aliphatic rings. The van der Waals surface area contributed by atoms with Gasteiger partial charge in [0.05, 0.1) is 5.75 Å². The lowest BCUT2D eigenvalue weighted by atomic mass is 9.48. The predicted molar refractivity (Wildman–Crippen MR) is 93.8 cm³/mol. The van der Waals surface area contributed by atoms with Gasteiger partial charge >= 0.3 is 0 Å². The molecular formula is C17H27N5OS. The summed E-state index contributed by atoms with van der Waals surface area (Å²) >= 11 is 1.35. The van der Waals surface area contributed by atoms with Crippen molar-refractivity contribution in [3.05, 3.63) is 5.82 Å². The van der Waals surface area contributed by atoms with Crippen LogP contribution in [0.15, 0.2) is 5.16 Å². The fourth-order valence-electron chi connectivity index (χ4n) is 5.72. The Labute approximate surface area is 147 Å². The van der Waals surface area contributed by atoms with E-state index < -0.39 is 0 Å². The number of hydrogen-bond acceptors (Lipinski definition) is 5. The van der Waals surface area contributed by atoms with Gasteiger partial charge in [0.15, 0.2) is 0 Å². The first-order valence-electron chi connectivity index (χ1n) is 9.04. The first kappa shape index (κ1) is 16.2. The largest absolute Gasteiger partial charge is 0.352 e. The summed E-state index contributed by atoms with van der Waals surface area (Å²) in [7, 11) is 0. The molecule has 132 valence electrons. The van der Waals surface area contributed by atoms with Crippen LogP contribution >= 0.6 is 11.8 Å². The molecular weight excluding hydrogens is 322 g/mol. The van der Waals surface area contributed by atoms with Gasteiger partial charge in [-0.15, -0.1) is 10.2 Å². The van der Waals surface area contributed by atoms with Crippen molar-refractivity contribution in [2.45, 2.75) is 63.6 Å². The van der Waals surface area contributed by atoms with Crippen LogP contribution in [0.1, 0.15) is 51.3 Å². The minimum Gasteiger partial charge on any atom is -0.352 e. The second-order valence-electron chi connectivity index (χ2n) is 8.26. The summed E-state index contributed by atoms with van der Waals surface area (Å²) in [5.41, 5.74) is 0.347. The Morgan fingerprint density at radius 1 is 1.29 bits per heavy atom. The third kappa shape index (κ3) is 2.80. The SMILES string of the molecule is Cc1nnc(SCC(=O)N[C@@H](C)C23CC4CC(CC(C4)C2)C3)n1N. The van der Waals surface area contributed by atoms with E-state index in [1.165, 1.54) is 55.0 Å². The Morgan fingerprint density at radius 3 is 2.38 bits per heavy atom. The van der Waals surface area contributed by atoms with Crippen LogP contribution in [-0.2, 0) is 4.79 Å². The molecule has 24 heavy (non-hydrogen) atoms. The van der Waals surface area contributed by atoms with Crippen molar-refractivity contribution in [2.24, 2.45) is 23.2 Å². The van der Waals surface area contributed by atoms with E-state index in [1.807, 2.05) is 0 Å². The van der Waals surface area contributed by atoms with E-state index in [2.05, 4.69) is 22.4 Å². The van der Waals surface area contributed by atoms with E-state index in [-0.39, 0.29) is 11.9 Å². The molecule has 0 aromatic carbocycles. The van der Waals surface area contributed by atoms with Gasteiger partial charge < -0.3 is 11.2 Å². The summed E-state index contributed by atoms with van der Waals surface area (Å²) in [6.45, 7) is 4.01. The van der Waals surface area contributed by atoms with Crippen molar-refractivity contribution in [1.29, 1.82) is 0 Å². The van der Waals surface area contributed by atoms with Crippen LogP contribution in [0.4, 0.5) is 0 Å². The first-order valence-corrected chi connectivity index (χ1v) is 10.0. The summed E-state index contributed by atoms with van der Waals surface area (Å²) < 4.78 is 1.43. The van der Waals surface area contributed by atoms with Crippen LogP contribution in [0.25, 0.3) is 0 Å². The molecule has 1 aromatic rings. The Balaban J connectivity index is 1.35. The average Bonchev–Trinajstić information content (AvgIpc) is 2.83. The van der Waals surface area contributed by atoms with Gasteiger partial charge in [-0.05, 0) is 75.5 Å². The molecule has 1 amide bonds. The molecule has 7 heteroatoms. The first-order chi connectivity index (χ1) is 11.4. The molecule has 4 bridgehead atoms. The van der Waals surface area contributed by atoms with E-state index >= 15 is 0 Å². The monoisotopic (exact) mass is 349 g/mol. The number of nitrogen functional groups attached to an aromatic ring is 1. The Morgan fingerprint density at radius 2 is 1.88 bits per heavy atom. The number of thioether (sulfide) groups is 1. The van der Waals surface area contributed by atoms with Crippen molar-refractivity contribution >= 4 is 17.7 Å². The predicted octanol–water partition coefficient (Wildman–Crippen LogP) is 2.11. The smallest absolute Gasteiger partial charge is 0.230 e. The minimum atomic E-state index is 0.0731. The van der Waals surface area contributed by atoms with Crippen LogP contribution in [0.5, 0.6) is 0 Å². The number of nitrogens with zero attached hydrogens (tertiary/aromatic N) is 3. The van der Waals surface area contributed by atoms with Crippen molar-refractivity contribution in [1.82, 2.24) is 20.2 Å². The molecule has 0 spiro atoms. The highest BCUT2D eigenvalue weighted by atomic mass is 32.2. The number of carbonyl (C=O) groups excluding carboxylic acids is 1. The van der Waals surface area contributed by atoms with Crippen LogP contribution < -0.4 is 11.2 Å². The lowest BCUT2D eigenvalue weighted by Crippen LogP contribution is -2.56. The molecule has 1 aromatic heterocycles. The highest BCUT2D eigenvalue weighted by molar-refractivity contribution is 7.99. The second-order valence-corrected chi connectivity index (χ2v) is 9.20. The number of hydrogen-bond donors (Lipinski definition) is 2. The second kappa shape index (κ2) is 5.93. The van der Waals surface area contributed by atoms with Crippen molar-refractivity contribution < 1.29 is 4.79 Å². The fraction of sp³-hybridized carbons (Fsp3) is 0.824. The van der Waals surface area contributed by atoms with Gasteiger partial charge in [-0.2, -0.15) is 0 Å². The zero-order chi connectivity index (χ0) is 16.9. The minimum absolute atomic E-state index is 0.0731. The van der Waals surface area contributed by atoms with Gasteiger partial charge in [-0.1, -0.05) is 11.8 Å². The zero-order valence-electron chi connectivity index (χ0n) is 14.5. The number of amides is 1. The van der Waals surface area contributed by atoms with Crippen LogP contribution in [0, 0.1) is 30.1 Å². The third-order valence-corrected chi connectivity index (χ3v) is 7.49. The molecule has 1 atom stereocenters. The number of nitrogens with two attached hydrogens (primary N) is 1. The highest BCUT2D eigenvalue weighted by Gasteiger charge is 2.53. The van der Waals surface area contributed by atoms with Gasteiger partial charge in [0.1, 0.15) is 5.82 Å². The van der Waals surface area contributed by atoms with Crippen LogP contribution in [0.3, 0.4) is 0 Å². The summed E-state index contributed by atoms with van der Waals surface area (Å²) in [5, 5.41) is 11.8. The molecule has 6 nitrogen and oxygen atoms in total. The van der Waals surface area contributed by atoms with Gasteiger partial charge in [-0.25, -0.2) is 4.68 Å². The number of rotatable bonds is 5. The summed E-state index contributed by atoms with van der Waals surface area (Å²) in [4.78, 5) is 12.4. The van der Waals surface area contributed by atoms with Crippen molar-refractivity contribution in [3.8, 4) is 0 Å². The molecule has 4 aliphatic carbocycles. The maximum absolute atomic E-state index is 12.4. The van der Waals surface area contributed by atoms with Crippen molar-refractivity contribution in [3.63, 3.8) is 0 Å². The molecule has 4 saturated carbocycles. The molecule has 4 fully saturated rings. The van der Waals surface area contributed by atoms with Crippen LogP contribution in [-0.4, -0.2) is 32.6 Å². The molecule has 5 rings (SSSR count). The molecule has 0 aliphatic heterocycles.